The Morgan fingerprint density at radius 1 is 1.50 bits per heavy atom. The van der Waals surface area contributed by atoms with Crippen molar-refractivity contribution >= 4 is 17.6 Å². The minimum Gasteiger partial charge on any atom is -0.478 e. The number of rotatable bonds is 2. The summed E-state index contributed by atoms with van der Waals surface area (Å²) in [5, 5.41) is 8.69. The van der Waals surface area contributed by atoms with E-state index in [-0.39, 0.29) is 0 Å². The highest BCUT2D eigenvalue weighted by Gasteiger charge is 2.03. The van der Waals surface area contributed by atoms with Gasteiger partial charge in [0.25, 0.3) is 0 Å². The van der Waals surface area contributed by atoms with Crippen molar-refractivity contribution in [3.8, 4) is 0 Å². The summed E-state index contributed by atoms with van der Waals surface area (Å²) in [5.41, 5.74) is 2.06. The maximum absolute atomic E-state index is 10.6. The molecule has 0 unspecified atom stereocenters. The van der Waals surface area contributed by atoms with Crippen LogP contribution in [0.25, 0.3) is 0 Å². The van der Waals surface area contributed by atoms with Crippen molar-refractivity contribution in [3.63, 3.8) is 0 Å². The van der Waals surface area contributed by atoms with Gasteiger partial charge in [-0.15, -0.1) is 11.6 Å². The minimum absolute atomic E-state index is 0.297. The summed E-state index contributed by atoms with van der Waals surface area (Å²) in [6.07, 6.45) is 0. The molecule has 1 aromatic carbocycles. The Labute approximate surface area is 75.8 Å². The van der Waals surface area contributed by atoms with Crippen LogP contribution in [0.1, 0.15) is 21.5 Å². The summed E-state index contributed by atoms with van der Waals surface area (Å²) < 4.78 is 0. The molecule has 0 atom stereocenters. The second kappa shape index (κ2) is 3.59. The zero-order chi connectivity index (χ0) is 9.14. The van der Waals surface area contributed by atoms with Crippen molar-refractivity contribution in [1.82, 2.24) is 0 Å². The van der Waals surface area contributed by atoms with Crippen molar-refractivity contribution in [2.45, 2.75) is 12.8 Å². The lowest BCUT2D eigenvalue weighted by molar-refractivity contribution is 0.0696. The van der Waals surface area contributed by atoms with E-state index in [9.17, 15) is 4.79 Å². The zero-order valence-corrected chi connectivity index (χ0v) is 7.43. The fourth-order valence-corrected chi connectivity index (χ4v) is 1.22. The first kappa shape index (κ1) is 9.07. The van der Waals surface area contributed by atoms with Crippen molar-refractivity contribution < 1.29 is 9.90 Å². The van der Waals surface area contributed by atoms with Gasteiger partial charge in [0.15, 0.2) is 0 Å². The van der Waals surface area contributed by atoms with Crippen LogP contribution in [0.3, 0.4) is 0 Å². The molecule has 0 saturated carbocycles. The Morgan fingerprint density at radius 2 is 2.17 bits per heavy atom. The molecule has 1 rings (SSSR count). The maximum atomic E-state index is 10.6. The highest BCUT2D eigenvalue weighted by molar-refractivity contribution is 6.17. The molecule has 0 aliphatic heterocycles. The quantitative estimate of drug-likeness (QED) is 0.717. The number of aromatic carboxylic acids is 1. The predicted molar refractivity (Wildman–Crippen MR) is 47.7 cm³/mol. The van der Waals surface area contributed by atoms with Gasteiger partial charge in [-0.2, -0.15) is 0 Å². The van der Waals surface area contributed by atoms with Gasteiger partial charge in [-0.3, -0.25) is 0 Å². The monoisotopic (exact) mass is 184 g/mol. The standard InChI is InChI=1S/C9H9ClO2/c1-6-2-7(5-10)4-8(3-6)9(11)12/h2-4H,5H2,1H3,(H,11,12). The minimum atomic E-state index is -0.912. The van der Waals surface area contributed by atoms with Crippen LogP contribution in [-0.4, -0.2) is 11.1 Å². The number of hydrogen-bond acceptors (Lipinski definition) is 1. The molecule has 1 aromatic rings. The summed E-state index contributed by atoms with van der Waals surface area (Å²) in [5.74, 6) is -0.563. The van der Waals surface area contributed by atoms with Crippen molar-refractivity contribution in [2.75, 3.05) is 0 Å². The Bertz CT molecular complexity index is 307. The predicted octanol–water partition coefficient (Wildman–Crippen LogP) is 2.43. The van der Waals surface area contributed by atoms with E-state index >= 15 is 0 Å². The molecule has 0 aliphatic carbocycles. The molecule has 64 valence electrons. The molecule has 0 aromatic heterocycles. The number of hydrogen-bond donors (Lipinski definition) is 1. The number of halogens is 1. The average molecular weight is 185 g/mol. The highest BCUT2D eigenvalue weighted by atomic mass is 35.5. The Kier molecular flexibility index (Phi) is 2.71. The Balaban J connectivity index is 3.15. The van der Waals surface area contributed by atoms with Gasteiger partial charge in [0.05, 0.1) is 5.56 Å². The third-order valence-corrected chi connectivity index (χ3v) is 1.85. The van der Waals surface area contributed by atoms with Gasteiger partial charge in [-0.05, 0) is 30.2 Å². The molecule has 0 heterocycles. The largest absolute Gasteiger partial charge is 0.478 e. The molecule has 0 aliphatic rings. The lowest BCUT2D eigenvalue weighted by Crippen LogP contribution is -1.97. The van der Waals surface area contributed by atoms with E-state index in [0.29, 0.717) is 11.4 Å². The Hall–Kier alpha value is -1.02. The topological polar surface area (TPSA) is 37.3 Å². The van der Waals surface area contributed by atoms with E-state index in [1.165, 1.54) is 0 Å². The molecule has 0 fully saturated rings. The van der Waals surface area contributed by atoms with Gasteiger partial charge in [0, 0.05) is 5.88 Å². The summed E-state index contributed by atoms with van der Waals surface area (Å²) in [4.78, 5) is 10.6. The van der Waals surface area contributed by atoms with Gasteiger partial charge < -0.3 is 5.11 Å². The van der Waals surface area contributed by atoms with Gasteiger partial charge >= 0.3 is 5.97 Å². The van der Waals surface area contributed by atoms with Gasteiger partial charge in [-0.25, -0.2) is 4.79 Å². The number of alkyl halides is 1. The van der Waals surface area contributed by atoms with E-state index in [4.69, 9.17) is 16.7 Å². The molecule has 1 N–H and O–H groups in total. The molecule has 2 nitrogen and oxygen atoms in total. The second-order valence-electron chi connectivity index (χ2n) is 2.65. The number of carboxylic acid groups (broad SMARTS) is 1. The lowest BCUT2D eigenvalue weighted by atomic mass is 10.1. The van der Waals surface area contributed by atoms with E-state index in [1.54, 1.807) is 12.1 Å². The van der Waals surface area contributed by atoms with Crippen molar-refractivity contribution in [2.24, 2.45) is 0 Å². The molecule has 12 heavy (non-hydrogen) atoms. The number of carboxylic acids is 1. The fourth-order valence-electron chi connectivity index (χ4n) is 1.06. The van der Waals surface area contributed by atoms with Gasteiger partial charge in [0.2, 0.25) is 0 Å². The van der Waals surface area contributed by atoms with Gasteiger partial charge in [-0.1, -0.05) is 6.07 Å². The molecule has 0 amide bonds. The van der Waals surface area contributed by atoms with Crippen LogP contribution < -0.4 is 0 Å². The number of carbonyl (C=O) groups is 1. The van der Waals surface area contributed by atoms with Crippen molar-refractivity contribution in [1.29, 1.82) is 0 Å². The first-order chi connectivity index (χ1) is 5.63. The number of benzene rings is 1. The molecule has 0 radical (unpaired) electrons. The lowest BCUT2D eigenvalue weighted by Gasteiger charge is -2.00. The normalized spacial score (nSPS) is 9.83. The van der Waals surface area contributed by atoms with Crippen molar-refractivity contribution in [3.05, 3.63) is 34.9 Å². The van der Waals surface area contributed by atoms with Crippen LogP contribution in [0.2, 0.25) is 0 Å². The van der Waals surface area contributed by atoms with E-state index in [0.717, 1.165) is 11.1 Å². The molecular formula is C9H9ClO2. The summed E-state index contributed by atoms with van der Waals surface area (Å²) in [6, 6.07) is 5.08. The van der Waals surface area contributed by atoms with Crippen LogP contribution in [0, 0.1) is 6.92 Å². The molecular weight excluding hydrogens is 176 g/mol. The van der Waals surface area contributed by atoms with Crippen LogP contribution in [-0.2, 0) is 5.88 Å². The van der Waals surface area contributed by atoms with Crippen LogP contribution in [0.5, 0.6) is 0 Å². The molecule has 0 bridgehead atoms. The van der Waals surface area contributed by atoms with Gasteiger partial charge in [0.1, 0.15) is 0 Å². The first-order valence-corrected chi connectivity index (χ1v) is 4.07. The summed E-state index contributed by atoms with van der Waals surface area (Å²) in [7, 11) is 0. The first-order valence-electron chi connectivity index (χ1n) is 3.53. The van der Waals surface area contributed by atoms with Crippen LogP contribution in [0.4, 0.5) is 0 Å². The average Bonchev–Trinajstić information content (AvgIpc) is 2.03. The maximum Gasteiger partial charge on any atom is 0.335 e. The molecule has 0 saturated heterocycles. The summed E-state index contributed by atoms with van der Waals surface area (Å²) in [6.45, 7) is 1.85. The van der Waals surface area contributed by atoms with E-state index < -0.39 is 5.97 Å². The molecule has 3 heteroatoms. The third-order valence-electron chi connectivity index (χ3n) is 1.54. The zero-order valence-electron chi connectivity index (χ0n) is 6.67. The summed E-state index contributed by atoms with van der Waals surface area (Å²) >= 11 is 5.58. The fraction of sp³-hybridized carbons (Fsp3) is 0.222. The SMILES string of the molecule is Cc1cc(CCl)cc(C(=O)O)c1. The van der Waals surface area contributed by atoms with E-state index in [2.05, 4.69) is 0 Å². The second-order valence-corrected chi connectivity index (χ2v) is 2.91. The molecule has 0 spiro atoms. The number of aryl methyl sites for hydroxylation is 1. The highest BCUT2D eigenvalue weighted by Crippen LogP contribution is 2.11. The third kappa shape index (κ3) is 1.98. The van der Waals surface area contributed by atoms with Crippen LogP contribution in [0.15, 0.2) is 18.2 Å². The van der Waals surface area contributed by atoms with Crippen LogP contribution >= 0.6 is 11.6 Å². The smallest absolute Gasteiger partial charge is 0.335 e. The Morgan fingerprint density at radius 3 is 2.67 bits per heavy atom. The van der Waals surface area contributed by atoms with E-state index in [1.807, 2.05) is 13.0 Å².